The number of benzene rings is 1. The van der Waals surface area contributed by atoms with E-state index in [-0.39, 0.29) is 11.7 Å². The summed E-state index contributed by atoms with van der Waals surface area (Å²) >= 11 is 0. The molecule has 1 amide bonds. The minimum atomic E-state index is -0.454. The van der Waals surface area contributed by atoms with Crippen LogP contribution in [-0.4, -0.2) is 41.2 Å². The van der Waals surface area contributed by atoms with Gasteiger partial charge in [0, 0.05) is 37.3 Å². The Morgan fingerprint density at radius 1 is 1.13 bits per heavy atom. The SMILES string of the molecule is CC[C@@H]1C(=O)Nc2cnc(-n3ccnc3-c3ccc(F)cc3)nc2N1c1ccn(C)n1. The molecule has 10 heteroatoms. The highest BCUT2D eigenvalue weighted by Crippen LogP contribution is 2.36. The number of anilines is 3. The maximum absolute atomic E-state index is 13.3. The first kappa shape index (κ1) is 18.9. The lowest BCUT2D eigenvalue weighted by molar-refractivity contribution is -0.117. The van der Waals surface area contributed by atoms with Crippen LogP contribution in [0.4, 0.5) is 21.7 Å². The third kappa shape index (κ3) is 3.21. The largest absolute Gasteiger partial charge is 0.320 e. The number of carbonyl (C=O) groups is 1. The molecule has 0 radical (unpaired) electrons. The zero-order valence-electron chi connectivity index (χ0n) is 16.9. The van der Waals surface area contributed by atoms with Crippen LogP contribution in [0, 0.1) is 5.82 Å². The van der Waals surface area contributed by atoms with E-state index in [1.165, 1.54) is 12.1 Å². The maximum Gasteiger partial charge on any atom is 0.247 e. The number of imidazole rings is 1. The van der Waals surface area contributed by atoms with Crippen molar-refractivity contribution in [3.8, 4) is 17.3 Å². The highest BCUT2D eigenvalue weighted by atomic mass is 19.1. The summed E-state index contributed by atoms with van der Waals surface area (Å²) in [4.78, 5) is 28.1. The molecule has 4 aromatic rings. The van der Waals surface area contributed by atoms with Crippen LogP contribution in [0.3, 0.4) is 0 Å². The van der Waals surface area contributed by atoms with Gasteiger partial charge in [0.1, 0.15) is 23.4 Å². The third-order valence-electron chi connectivity index (χ3n) is 5.15. The average molecular weight is 418 g/mol. The highest BCUT2D eigenvalue weighted by Gasteiger charge is 2.35. The lowest BCUT2D eigenvalue weighted by Crippen LogP contribution is -2.46. The molecule has 156 valence electrons. The predicted octanol–water partition coefficient (Wildman–Crippen LogP) is 3.07. The van der Waals surface area contributed by atoms with Crippen LogP contribution < -0.4 is 10.2 Å². The van der Waals surface area contributed by atoms with Gasteiger partial charge in [0.05, 0.1) is 6.20 Å². The molecule has 1 N–H and O–H groups in total. The van der Waals surface area contributed by atoms with Crippen molar-refractivity contribution in [1.29, 1.82) is 0 Å². The van der Waals surface area contributed by atoms with Crippen LogP contribution in [0.25, 0.3) is 17.3 Å². The van der Waals surface area contributed by atoms with Gasteiger partial charge in [0.15, 0.2) is 11.6 Å². The first-order chi connectivity index (χ1) is 15.0. The number of carbonyl (C=O) groups excluding carboxylic acids is 1. The number of hydrogen-bond donors (Lipinski definition) is 1. The fourth-order valence-corrected chi connectivity index (χ4v) is 3.68. The summed E-state index contributed by atoms with van der Waals surface area (Å²) in [6.07, 6.45) is 7.34. The Hall–Kier alpha value is -4.08. The van der Waals surface area contributed by atoms with Crippen molar-refractivity contribution in [1.82, 2.24) is 29.3 Å². The second-order valence-electron chi connectivity index (χ2n) is 7.17. The van der Waals surface area contributed by atoms with Gasteiger partial charge in [0.2, 0.25) is 11.9 Å². The second-order valence-corrected chi connectivity index (χ2v) is 7.17. The number of fused-ring (bicyclic) bond motifs is 1. The van der Waals surface area contributed by atoms with E-state index in [1.807, 2.05) is 31.1 Å². The Balaban J connectivity index is 1.63. The molecule has 0 saturated heterocycles. The summed E-state index contributed by atoms with van der Waals surface area (Å²) in [6, 6.07) is 7.46. The van der Waals surface area contributed by atoms with E-state index >= 15 is 0 Å². The molecule has 1 aliphatic rings. The molecular weight excluding hydrogens is 399 g/mol. The molecule has 0 unspecified atom stereocenters. The van der Waals surface area contributed by atoms with Crippen LogP contribution in [0.1, 0.15) is 13.3 Å². The highest BCUT2D eigenvalue weighted by molar-refractivity contribution is 6.04. The second kappa shape index (κ2) is 7.31. The van der Waals surface area contributed by atoms with Gasteiger partial charge in [-0.2, -0.15) is 10.1 Å². The van der Waals surface area contributed by atoms with E-state index in [0.29, 0.717) is 35.5 Å². The van der Waals surface area contributed by atoms with Gasteiger partial charge in [-0.3, -0.25) is 18.9 Å². The van der Waals surface area contributed by atoms with Crippen LogP contribution >= 0.6 is 0 Å². The van der Waals surface area contributed by atoms with Crippen LogP contribution in [0.2, 0.25) is 0 Å². The minimum absolute atomic E-state index is 0.133. The number of aryl methyl sites for hydroxylation is 1. The molecule has 1 aromatic carbocycles. The van der Waals surface area contributed by atoms with Crippen LogP contribution in [0.15, 0.2) is 55.1 Å². The Bertz CT molecular complexity index is 1260. The van der Waals surface area contributed by atoms with Gasteiger partial charge in [0.25, 0.3) is 0 Å². The Morgan fingerprint density at radius 2 is 1.94 bits per heavy atom. The van der Waals surface area contributed by atoms with E-state index in [9.17, 15) is 9.18 Å². The number of halogens is 1. The third-order valence-corrected chi connectivity index (χ3v) is 5.15. The quantitative estimate of drug-likeness (QED) is 0.547. The smallest absolute Gasteiger partial charge is 0.247 e. The van der Waals surface area contributed by atoms with E-state index in [1.54, 1.807) is 40.0 Å². The van der Waals surface area contributed by atoms with Crippen molar-refractivity contribution in [2.75, 3.05) is 10.2 Å². The maximum atomic E-state index is 13.3. The van der Waals surface area contributed by atoms with Gasteiger partial charge in [-0.05, 0) is 30.7 Å². The van der Waals surface area contributed by atoms with E-state index < -0.39 is 6.04 Å². The van der Waals surface area contributed by atoms with Crippen molar-refractivity contribution in [3.05, 3.63) is 60.9 Å². The van der Waals surface area contributed by atoms with Gasteiger partial charge in [-0.25, -0.2) is 14.4 Å². The van der Waals surface area contributed by atoms with Gasteiger partial charge in [-0.1, -0.05) is 6.92 Å². The van der Waals surface area contributed by atoms with E-state index in [0.717, 1.165) is 5.56 Å². The predicted molar refractivity (Wildman–Crippen MR) is 113 cm³/mol. The topological polar surface area (TPSA) is 93.8 Å². The standard InChI is InChI=1S/C21H19FN8O/c1-3-16-20(31)25-15-12-24-21(26-19(15)30(16)17-8-10-28(2)27-17)29-11-9-23-18(29)13-4-6-14(22)7-5-13/h4-12,16H,3H2,1-2H3,(H,25,31)/t16-/m1/s1. The number of aromatic nitrogens is 6. The summed E-state index contributed by atoms with van der Waals surface area (Å²) in [5, 5.41) is 7.36. The van der Waals surface area contributed by atoms with Gasteiger partial charge < -0.3 is 5.32 Å². The molecule has 31 heavy (non-hydrogen) atoms. The van der Waals surface area contributed by atoms with Crippen molar-refractivity contribution >= 4 is 23.2 Å². The van der Waals surface area contributed by atoms with Gasteiger partial charge in [-0.15, -0.1) is 0 Å². The molecule has 9 nitrogen and oxygen atoms in total. The summed E-state index contributed by atoms with van der Waals surface area (Å²) in [5.74, 6) is 1.68. The summed E-state index contributed by atoms with van der Waals surface area (Å²) in [6.45, 7) is 1.94. The fraction of sp³-hybridized carbons (Fsp3) is 0.190. The number of nitrogens with zero attached hydrogens (tertiary/aromatic N) is 7. The van der Waals surface area contributed by atoms with Crippen molar-refractivity contribution in [2.24, 2.45) is 7.05 Å². The van der Waals surface area contributed by atoms with E-state index in [4.69, 9.17) is 4.98 Å². The zero-order chi connectivity index (χ0) is 21.5. The van der Waals surface area contributed by atoms with E-state index in [2.05, 4.69) is 20.4 Å². The molecular formula is C21H19FN8O. The van der Waals surface area contributed by atoms with Crippen LogP contribution in [0.5, 0.6) is 0 Å². The Morgan fingerprint density at radius 3 is 2.65 bits per heavy atom. The molecule has 4 heterocycles. The number of rotatable bonds is 4. The molecule has 5 rings (SSSR count). The molecule has 1 aliphatic heterocycles. The minimum Gasteiger partial charge on any atom is -0.320 e. The lowest BCUT2D eigenvalue weighted by Gasteiger charge is -2.34. The first-order valence-corrected chi connectivity index (χ1v) is 9.81. The Labute approximate surface area is 177 Å². The summed E-state index contributed by atoms with van der Waals surface area (Å²) < 4.78 is 16.8. The number of nitrogens with one attached hydrogen (secondary N) is 1. The average Bonchev–Trinajstić information content (AvgIpc) is 3.42. The van der Waals surface area contributed by atoms with Crippen LogP contribution in [-0.2, 0) is 11.8 Å². The number of amides is 1. The molecule has 0 spiro atoms. The molecule has 1 atom stereocenters. The first-order valence-electron chi connectivity index (χ1n) is 9.81. The fourth-order valence-electron chi connectivity index (χ4n) is 3.68. The molecule has 0 bridgehead atoms. The summed E-state index contributed by atoms with van der Waals surface area (Å²) in [7, 11) is 1.82. The van der Waals surface area contributed by atoms with Crippen molar-refractivity contribution in [3.63, 3.8) is 0 Å². The molecule has 0 aliphatic carbocycles. The zero-order valence-corrected chi connectivity index (χ0v) is 16.9. The summed E-state index contributed by atoms with van der Waals surface area (Å²) in [5.41, 5.74) is 1.24. The number of hydrogen-bond acceptors (Lipinski definition) is 6. The van der Waals surface area contributed by atoms with Gasteiger partial charge >= 0.3 is 0 Å². The molecule has 0 saturated carbocycles. The lowest BCUT2D eigenvalue weighted by atomic mass is 10.1. The molecule has 3 aromatic heterocycles. The monoisotopic (exact) mass is 418 g/mol. The van der Waals surface area contributed by atoms with Crippen molar-refractivity contribution < 1.29 is 9.18 Å². The molecule has 0 fully saturated rings. The normalized spacial score (nSPS) is 15.6. The van der Waals surface area contributed by atoms with Crippen molar-refractivity contribution in [2.45, 2.75) is 19.4 Å². The Kier molecular flexibility index (Phi) is 4.46.